The maximum atomic E-state index is 13.7. The largest absolute Gasteiger partial charge is 0.389 e. The fourth-order valence-corrected chi connectivity index (χ4v) is 1.99. The number of nitrogens with two attached hydrogens (primary N) is 1. The number of hydrogen-bond acceptors (Lipinski definition) is 4. The van der Waals surface area contributed by atoms with Gasteiger partial charge in [0, 0.05) is 31.8 Å². The average molecular weight is 256 g/mol. The van der Waals surface area contributed by atoms with E-state index in [1.807, 2.05) is 11.9 Å². The van der Waals surface area contributed by atoms with Gasteiger partial charge in [-0.1, -0.05) is 18.2 Å². The highest BCUT2D eigenvalue weighted by molar-refractivity contribution is 5.21. The van der Waals surface area contributed by atoms with E-state index in [4.69, 9.17) is 10.5 Å². The summed E-state index contributed by atoms with van der Waals surface area (Å²) in [4.78, 5) is 1.84. The van der Waals surface area contributed by atoms with E-state index < -0.39 is 6.10 Å². The molecule has 18 heavy (non-hydrogen) atoms. The van der Waals surface area contributed by atoms with Gasteiger partial charge in [-0.3, -0.25) is 4.90 Å². The van der Waals surface area contributed by atoms with Crippen LogP contribution in [0.3, 0.4) is 0 Å². The van der Waals surface area contributed by atoms with Crippen molar-refractivity contribution in [3.63, 3.8) is 0 Å². The van der Waals surface area contributed by atoms with Crippen LogP contribution in [0.2, 0.25) is 0 Å². The third kappa shape index (κ3) is 4.03. The summed E-state index contributed by atoms with van der Waals surface area (Å²) in [6.45, 7) is 0.917. The lowest BCUT2D eigenvalue weighted by molar-refractivity contribution is 0.0345. The third-order valence-electron chi connectivity index (χ3n) is 2.88. The van der Waals surface area contributed by atoms with E-state index in [0.717, 1.165) is 0 Å². The highest BCUT2D eigenvalue weighted by Crippen LogP contribution is 2.21. The highest BCUT2D eigenvalue weighted by Gasteiger charge is 2.20. The summed E-state index contributed by atoms with van der Waals surface area (Å²) >= 11 is 0. The Morgan fingerprint density at radius 3 is 2.67 bits per heavy atom. The van der Waals surface area contributed by atoms with Gasteiger partial charge in [0.25, 0.3) is 0 Å². The predicted molar refractivity (Wildman–Crippen MR) is 68.7 cm³/mol. The molecule has 5 heteroatoms. The summed E-state index contributed by atoms with van der Waals surface area (Å²) in [5.41, 5.74) is 6.25. The van der Waals surface area contributed by atoms with Crippen LogP contribution < -0.4 is 5.73 Å². The number of rotatable bonds is 7. The monoisotopic (exact) mass is 256 g/mol. The second-order valence-corrected chi connectivity index (χ2v) is 4.32. The molecule has 0 saturated heterocycles. The van der Waals surface area contributed by atoms with Gasteiger partial charge < -0.3 is 15.6 Å². The zero-order valence-corrected chi connectivity index (χ0v) is 10.8. The van der Waals surface area contributed by atoms with Crippen molar-refractivity contribution in [2.75, 3.05) is 33.9 Å². The van der Waals surface area contributed by atoms with Crippen molar-refractivity contribution in [2.24, 2.45) is 5.73 Å². The Bertz CT molecular complexity index is 363. The van der Waals surface area contributed by atoms with Gasteiger partial charge in [0.05, 0.1) is 12.7 Å². The van der Waals surface area contributed by atoms with E-state index >= 15 is 0 Å². The predicted octanol–water partition coefficient (Wildman–Crippen LogP) is 0.765. The number of methoxy groups -OCH3 is 1. The van der Waals surface area contributed by atoms with E-state index in [1.54, 1.807) is 18.2 Å². The maximum absolute atomic E-state index is 13.7. The van der Waals surface area contributed by atoms with Crippen LogP contribution in [0.1, 0.15) is 11.6 Å². The normalized spacial score (nSPS) is 14.8. The molecule has 0 aliphatic rings. The third-order valence-corrected chi connectivity index (χ3v) is 2.88. The van der Waals surface area contributed by atoms with Crippen molar-refractivity contribution < 1.29 is 14.2 Å². The summed E-state index contributed by atoms with van der Waals surface area (Å²) < 4.78 is 18.6. The second kappa shape index (κ2) is 7.43. The van der Waals surface area contributed by atoms with Crippen molar-refractivity contribution in [2.45, 2.75) is 12.1 Å². The number of hydrogen-bond donors (Lipinski definition) is 2. The summed E-state index contributed by atoms with van der Waals surface area (Å²) in [5.74, 6) is -0.277. The first-order valence-corrected chi connectivity index (χ1v) is 5.91. The molecule has 0 fully saturated rings. The first kappa shape index (κ1) is 15.0. The van der Waals surface area contributed by atoms with Gasteiger partial charge in [-0.25, -0.2) is 4.39 Å². The van der Waals surface area contributed by atoms with Crippen LogP contribution >= 0.6 is 0 Å². The maximum Gasteiger partial charge on any atom is 0.128 e. The minimum atomic E-state index is -0.610. The Kier molecular flexibility index (Phi) is 6.21. The fraction of sp³-hybridized carbons (Fsp3) is 0.538. The van der Waals surface area contributed by atoms with E-state index in [2.05, 4.69) is 0 Å². The van der Waals surface area contributed by atoms with Crippen LogP contribution in [0.5, 0.6) is 0 Å². The number of halogens is 1. The molecule has 1 aromatic rings. The lowest BCUT2D eigenvalue weighted by Gasteiger charge is -2.29. The average Bonchev–Trinajstić information content (AvgIpc) is 2.32. The van der Waals surface area contributed by atoms with Crippen molar-refractivity contribution in [1.82, 2.24) is 4.90 Å². The van der Waals surface area contributed by atoms with Crippen molar-refractivity contribution in [1.29, 1.82) is 0 Å². The molecule has 0 radical (unpaired) electrons. The van der Waals surface area contributed by atoms with Gasteiger partial charge in [-0.05, 0) is 13.1 Å². The molecule has 2 unspecified atom stereocenters. The van der Waals surface area contributed by atoms with Crippen LogP contribution in [0.15, 0.2) is 24.3 Å². The molecule has 2 atom stereocenters. The number of aliphatic hydroxyl groups is 1. The van der Waals surface area contributed by atoms with Crippen LogP contribution in [0.25, 0.3) is 0 Å². The summed E-state index contributed by atoms with van der Waals surface area (Å²) in [5, 5.41) is 9.68. The lowest BCUT2D eigenvalue weighted by Crippen LogP contribution is -2.38. The number of benzene rings is 1. The summed E-state index contributed by atoms with van der Waals surface area (Å²) in [6, 6.07) is 6.30. The van der Waals surface area contributed by atoms with Crippen molar-refractivity contribution in [3.05, 3.63) is 35.6 Å². The zero-order valence-electron chi connectivity index (χ0n) is 10.8. The molecular formula is C13H21FN2O2. The summed E-state index contributed by atoms with van der Waals surface area (Å²) in [6.07, 6.45) is -0.610. The Labute approximate surface area is 107 Å². The molecule has 3 N–H and O–H groups in total. The molecule has 0 aliphatic carbocycles. The molecular weight excluding hydrogens is 235 g/mol. The van der Waals surface area contributed by atoms with Gasteiger partial charge in [-0.2, -0.15) is 0 Å². The van der Waals surface area contributed by atoms with Crippen molar-refractivity contribution in [3.8, 4) is 0 Å². The van der Waals surface area contributed by atoms with Gasteiger partial charge >= 0.3 is 0 Å². The van der Waals surface area contributed by atoms with E-state index in [-0.39, 0.29) is 25.0 Å². The molecule has 0 bridgehead atoms. The Morgan fingerprint density at radius 1 is 1.44 bits per heavy atom. The SMILES string of the molecule is COCC(O)CN(C)C(CN)c1ccccc1F. The molecule has 0 aliphatic heterocycles. The molecule has 0 saturated carbocycles. The quantitative estimate of drug-likeness (QED) is 0.756. The number of nitrogens with zero attached hydrogens (tertiary/aromatic N) is 1. The highest BCUT2D eigenvalue weighted by atomic mass is 19.1. The van der Waals surface area contributed by atoms with Gasteiger partial charge in [0.1, 0.15) is 5.82 Å². The Morgan fingerprint density at radius 2 is 2.11 bits per heavy atom. The first-order chi connectivity index (χ1) is 8.60. The second-order valence-electron chi connectivity index (χ2n) is 4.32. The minimum absolute atomic E-state index is 0.249. The van der Waals surface area contributed by atoms with Crippen LogP contribution in [0.4, 0.5) is 4.39 Å². The van der Waals surface area contributed by atoms with Gasteiger partial charge in [0.2, 0.25) is 0 Å². The van der Waals surface area contributed by atoms with Crippen LogP contribution in [-0.2, 0) is 4.74 Å². The molecule has 0 spiro atoms. The van der Waals surface area contributed by atoms with E-state index in [9.17, 15) is 9.50 Å². The van der Waals surface area contributed by atoms with Gasteiger partial charge in [0.15, 0.2) is 0 Å². The van der Waals surface area contributed by atoms with Crippen molar-refractivity contribution >= 4 is 0 Å². The number of aliphatic hydroxyl groups excluding tert-OH is 1. The minimum Gasteiger partial charge on any atom is -0.389 e. The molecule has 0 amide bonds. The topological polar surface area (TPSA) is 58.7 Å². The van der Waals surface area contributed by atoms with E-state index in [1.165, 1.54) is 13.2 Å². The number of likely N-dealkylation sites (N-methyl/N-ethyl adjacent to an activating group) is 1. The van der Waals surface area contributed by atoms with Gasteiger partial charge in [-0.15, -0.1) is 0 Å². The number of ether oxygens (including phenoxy) is 1. The first-order valence-electron chi connectivity index (χ1n) is 5.91. The standard InChI is InChI=1S/C13H21FN2O2/c1-16(8-10(17)9-18-2)13(7-15)11-5-3-4-6-12(11)14/h3-6,10,13,17H,7-9,15H2,1-2H3. The van der Waals surface area contributed by atoms with E-state index in [0.29, 0.717) is 12.1 Å². The molecule has 102 valence electrons. The smallest absolute Gasteiger partial charge is 0.128 e. The molecule has 1 rings (SSSR count). The Balaban J connectivity index is 2.74. The molecule has 0 aromatic heterocycles. The van der Waals surface area contributed by atoms with Crippen LogP contribution in [-0.4, -0.2) is 50.0 Å². The fourth-order valence-electron chi connectivity index (χ4n) is 1.99. The lowest BCUT2D eigenvalue weighted by atomic mass is 10.0. The van der Waals surface area contributed by atoms with Crippen LogP contribution in [0, 0.1) is 5.82 Å². The Hall–Kier alpha value is -1.01. The molecule has 1 aromatic carbocycles. The molecule has 0 heterocycles. The summed E-state index contributed by atoms with van der Waals surface area (Å²) in [7, 11) is 3.34. The zero-order chi connectivity index (χ0) is 13.5. The molecule has 4 nitrogen and oxygen atoms in total.